The lowest BCUT2D eigenvalue weighted by atomic mass is 10.2. The van der Waals surface area contributed by atoms with Crippen LogP contribution in [0.2, 0.25) is 5.04 Å². The van der Waals surface area contributed by atoms with Crippen LogP contribution < -0.4 is 15.7 Å². The van der Waals surface area contributed by atoms with Gasteiger partial charge >= 0.3 is 0 Å². The zero-order valence-corrected chi connectivity index (χ0v) is 18.5. The van der Waals surface area contributed by atoms with E-state index in [1.54, 1.807) is 19.3 Å². The molecule has 3 rings (SSSR count). The molecule has 0 unspecified atom stereocenters. The van der Waals surface area contributed by atoms with E-state index in [1.165, 1.54) is 10.4 Å². The number of nitrogens with zero attached hydrogens (tertiary/aromatic N) is 1. The molecule has 0 fully saturated rings. The topological polar surface area (TPSA) is 51.2 Å². The third kappa shape index (κ3) is 4.31. The molecule has 0 bridgehead atoms. The molecule has 4 nitrogen and oxygen atoms in total. The van der Waals surface area contributed by atoms with E-state index in [-0.39, 0.29) is 10.9 Å². The van der Waals surface area contributed by atoms with Crippen molar-refractivity contribution in [2.75, 3.05) is 7.05 Å². The van der Waals surface area contributed by atoms with Crippen molar-refractivity contribution in [2.24, 2.45) is 0 Å². The molecule has 150 valence electrons. The molecular formula is C24H28N2O2Si. The zero-order chi connectivity index (χ0) is 20.9. The van der Waals surface area contributed by atoms with Crippen LogP contribution in [0.25, 0.3) is 0 Å². The summed E-state index contributed by atoms with van der Waals surface area (Å²) >= 11 is 0. The minimum atomic E-state index is -2.58. The van der Waals surface area contributed by atoms with Crippen molar-refractivity contribution in [3.05, 3.63) is 90.3 Å². The fraction of sp³-hybridized carbons (Fsp3) is 0.250. The normalized spacial score (nSPS) is 11.9. The van der Waals surface area contributed by atoms with Gasteiger partial charge in [-0.25, -0.2) is 0 Å². The van der Waals surface area contributed by atoms with Crippen LogP contribution in [0.4, 0.5) is 0 Å². The fourth-order valence-corrected chi connectivity index (χ4v) is 8.26. The monoisotopic (exact) mass is 404 g/mol. The maximum absolute atomic E-state index is 11.7. The average molecular weight is 405 g/mol. The summed E-state index contributed by atoms with van der Waals surface area (Å²) in [5.74, 6) is -0.190. The lowest BCUT2D eigenvalue weighted by Gasteiger charge is -2.43. The van der Waals surface area contributed by atoms with E-state index in [4.69, 9.17) is 4.43 Å². The van der Waals surface area contributed by atoms with Crippen molar-refractivity contribution < 1.29 is 9.22 Å². The van der Waals surface area contributed by atoms with E-state index in [2.05, 4.69) is 79.6 Å². The molecular weight excluding hydrogens is 376 g/mol. The van der Waals surface area contributed by atoms with E-state index in [1.807, 2.05) is 18.2 Å². The van der Waals surface area contributed by atoms with Gasteiger partial charge in [0.05, 0.1) is 6.61 Å². The van der Waals surface area contributed by atoms with Gasteiger partial charge in [-0.1, -0.05) is 87.5 Å². The van der Waals surface area contributed by atoms with Gasteiger partial charge in [0.1, 0.15) is 5.69 Å². The number of hydrogen-bond acceptors (Lipinski definition) is 3. The van der Waals surface area contributed by atoms with Crippen LogP contribution in [0.5, 0.6) is 0 Å². The van der Waals surface area contributed by atoms with E-state index in [9.17, 15) is 4.79 Å². The summed E-state index contributed by atoms with van der Waals surface area (Å²) in [6, 6.07) is 24.8. The first kappa shape index (κ1) is 21.0. The Balaban J connectivity index is 2.01. The second-order valence-corrected chi connectivity index (χ2v) is 12.4. The van der Waals surface area contributed by atoms with Crippen LogP contribution in [0, 0.1) is 0 Å². The minimum absolute atomic E-state index is 0.0782. The summed E-state index contributed by atoms with van der Waals surface area (Å²) in [6.45, 7) is 7.21. The number of amides is 1. The number of pyridine rings is 1. The Morgan fingerprint density at radius 3 is 1.90 bits per heavy atom. The van der Waals surface area contributed by atoms with Gasteiger partial charge in [-0.15, -0.1) is 0 Å². The van der Waals surface area contributed by atoms with E-state index in [0.29, 0.717) is 12.3 Å². The van der Waals surface area contributed by atoms with E-state index < -0.39 is 8.32 Å². The number of carbonyl (C=O) groups excluding carboxylic acids is 1. The number of nitrogens with one attached hydrogen (secondary N) is 1. The summed E-state index contributed by atoms with van der Waals surface area (Å²) in [5.41, 5.74) is 1.35. The average Bonchev–Trinajstić information content (AvgIpc) is 2.74. The molecule has 29 heavy (non-hydrogen) atoms. The molecule has 3 aromatic rings. The second kappa shape index (κ2) is 8.72. The van der Waals surface area contributed by atoms with Gasteiger partial charge in [-0.2, -0.15) is 0 Å². The molecule has 0 spiro atoms. The molecule has 5 heteroatoms. The fourth-order valence-electron chi connectivity index (χ4n) is 3.73. The molecule has 0 aliphatic heterocycles. The van der Waals surface area contributed by atoms with Gasteiger partial charge in [0.25, 0.3) is 14.2 Å². The van der Waals surface area contributed by atoms with Gasteiger partial charge in [0.2, 0.25) is 0 Å². The SMILES string of the molecule is CNC(=O)c1ccc(CO[Si](c2ccccc2)(c2ccccc2)C(C)(C)C)cn1. The van der Waals surface area contributed by atoms with Gasteiger partial charge in [0, 0.05) is 13.2 Å². The standard InChI is InChI=1S/C24H28N2O2Si/c1-24(2,3)29(20-11-7-5-8-12-20,21-13-9-6-10-14-21)28-18-19-15-16-22(26-17-19)23(27)25-4/h5-17H,18H2,1-4H3,(H,25,27). The molecule has 0 radical (unpaired) electrons. The molecule has 0 atom stereocenters. The zero-order valence-electron chi connectivity index (χ0n) is 17.5. The third-order valence-corrected chi connectivity index (χ3v) is 10.1. The quantitative estimate of drug-likeness (QED) is 0.640. The highest BCUT2D eigenvalue weighted by Gasteiger charge is 2.50. The molecule has 0 saturated heterocycles. The summed E-state index contributed by atoms with van der Waals surface area (Å²) in [5, 5.41) is 5.00. The van der Waals surface area contributed by atoms with Crippen molar-refractivity contribution in [3.8, 4) is 0 Å². The molecule has 1 heterocycles. The van der Waals surface area contributed by atoms with Crippen molar-refractivity contribution in [1.29, 1.82) is 0 Å². The minimum Gasteiger partial charge on any atom is -0.403 e. The summed E-state index contributed by atoms with van der Waals surface area (Å²) in [6.07, 6.45) is 1.72. The van der Waals surface area contributed by atoms with E-state index >= 15 is 0 Å². The first-order valence-electron chi connectivity index (χ1n) is 9.80. The predicted molar refractivity (Wildman–Crippen MR) is 120 cm³/mol. The molecule has 0 saturated carbocycles. The second-order valence-electron chi connectivity index (χ2n) is 8.08. The van der Waals surface area contributed by atoms with Crippen LogP contribution >= 0.6 is 0 Å². The molecule has 0 aliphatic carbocycles. The largest absolute Gasteiger partial charge is 0.403 e. The van der Waals surface area contributed by atoms with Crippen molar-refractivity contribution in [2.45, 2.75) is 32.4 Å². The van der Waals surface area contributed by atoms with Gasteiger partial charge < -0.3 is 9.74 Å². The Bertz CT molecular complexity index is 897. The first-order chi connectivity index (χ1) is 13.9. The Morgan fingerprint density at radius 2 is 1.48 bits per heavy atom. The van der Waals surface area contributed by atoms with Crippen LogP contribution in [-0.4, -0.2) is 26.3 Å². The lowest BCUT2D eigenvalue weighted by Crippen LogP contribution is -2.66. The van der Waals surface area contributed by atoms with E-state index in [0.717, 1.165) is 5.56 Å². The molecule has 1 aromatic heterocycles. The predicted octanol–water partition coefficient (Wildman–Crippen LogP) is 3.52. The van der Waals surface area contributed by atoms with Crippen molar-refractivity contribution in [3.63, 3.8) is 0 Å². The van der Waals surface area contributed by atoms with Crippen molar-refractivity contribution in [1.82, 2.24) is 10.3 Å². The Labute approximate surface area is 174 Å². The van der Waals surface area contributed by atoms with Crippen LogP contribution in [-0.2, 0) is 11.0 Å². The highest BCUT2D eigenvalue weighted by molar-refractivity contribution is 6.99. The summed E-state index contributed by atoms with van der Waals surface area (Å²) < 4.78 is 6.88. The number of hydrogen-bond donors (Lipinski definition) is 1. The number of carbonyl (C=O) groups is 1. The van der Waals surface area contributed by atoms with Gasteiger partial charge in [-0.05, 0) is 27.0 Å². The first-order valence-corrected chi connectivity index (χ1v) is 11.7. The number of rotatable bonds is 6. The van der Waals surface area contributed by atoms with Crippen LogP contribution in [0.3, 0.4) is 0 Å². The Morgan fingerprint density at radius 1 is 0.931 bits per heavy atom. The van der Waals surface area contributed by atoms with Crippen molar-refractivity contribution >= 4 is 24.6 Å². The maximum atomic E-state index is 11.7. The molecule has 1 amide bonds. The Hall–Kier alpha value is -2.76. The highest BCUT2D eigenvalue weighted by atomic mass is 28.4. The Kier molecular flexibility index (Phi) is 6.30. The summed E-state index contributed by atoms with van der Waals surface area (Å²) in [7, 11) is -0.980. The molecule has 1 N–H and O–H groups in total. The van der Waals surface area contributed by atoms with Gasteiger partial charge in [0.15, 0.2) is 0 Å². The number of aromatic nitrogens is 1. The molecule has 0 aliphatic rings. The number of benzene rings is 2. The smallest absolute Gasteiger partial charge is 0.269 e. The van der Waals surface area contributed by atoms with Gasteiger partial charge in [-0.3, -0.25) is 9.78 Å². The third-order valence-electron chi connectivity index (χ3n) is 5.16. The summed E-state index contributed by atoms with van der Waals surface area (Å²) in [4.78, 5) is 16.0. The van der Waals surface area contributed by atoms with Crippen LogP contribution in [0.1, 0.15) is 36.8 Å². The highest BCUT2D eigenvalue weighted by Crippen LogP contribution is 2.37. The van der Waals surface area contributed by atoms with Crippen LogP contribution in [0.15, 0.2) is 79.0 Å². The maximum Gasteiger partial charge on any atom is 0.269 e. The lowest BCUT2D eigenvalue weighted by molar-refractivity contribution is 0.0958. The molecule has 2 aromatic carbocycles.